The molecule has 0 bridgehead atoms. The van der Waals surface area contributed by atoms with Crippen molar-refractivity contribution in [3.05, 3.63) is 108 Å². The lowest BCUT2D eigenvalue weighted by atomic mass is 10.0. The number of fused-ring (bicyclic) bond motifs is 1. The molecule has 1 heterocycles. The van der Waals surface area contributed by atoms with Crippen LogP contribution in [0.3, 0.4) is 0 Å². The van der Waals surface area contributed by atoms with E-state index in [4.69, 9.17) is 4.74 Å². The average molecular weight is 399 g/mol. The summed E-state index contributed by atoms with van der Waals surface area (Å²) in [6.45, 7) is 0.279. The zero-order chi connectivity index (χ0) is 20.8. The fourth-order valence-corrected chi connectivity index (χ4v) is 2.99. The van der Waals surface area contributed by atoms with Gasteiger partial charge in [-0.05, 0) is 46.7 Å². The predicted molar refractivity (Wildman–Crippen MR) is 114 cm³/mol. The van der Waals surface area contributed by atoms with Gasteiger partial charge < -0.3 is 4.74 Å². The second-order valence-electron chi connectivity index (χ2n) is 6.55. The van der Waals surface area contributed by atoms with Gasteiger partial charge in [0.25, 0.3) is 5.91 Å². The van der Waals surface area contributed by atoms with Crippen LogP contribution in [0.1, 0.15) is 21.5 Å². The van der Waals surface area contributed by atoms with Crippen LogP contribution in [0.25, 0.3) is 10.8 Å². The minimum Gasteiger partial charge on any atom is -0.488 e. The largest absolute Gasteiger partial charge is 0.488 e. The Morgan fingerprint density at radius 2 is 1.87 bits per heavy atom. The molecule has 0 saturated carbocycles. The number of nitrogens with zero attached hydrogens (tertiary/aromatic N) is 2. The second kappa shape index (κ2) is 8.96. The molecule has 0 radical (unpaired) electrons. The molecule has 0 spiro atoms. The molecule has 4 aromatic rings. The fourth-order valence-electron chi connectivity index (χ4n) is 2.99. The lowest BCUT2D eigenvalue weighted by Gasteiger charge is -2.12. The fraction of sp³-hybridized carbons (Fsp3) is 0.0417. The zero-order valence-corrected chi connectivity index (χ0v) is 16.0. The molecule has 1 amide bonds. The second-order valence-corrected chi connectivity index (χ2v) is 6.55. The van der Waals surface area contributed by atoms with Crippen LogP contribution >= 0.6 is 0 Å². The van der Waals surface area contributed by atoms with E-state index in [1.807, 2.05) is 36.4 Å². The molecule has 1 N–H and O–H groups in total. The number of benzene rings is 3. The Bertz CT molecular complexity index is 1190. The summed E-state index contributed by atoms with van der Waals surface area (Å²) in [5, 5.41) is 6.07. The molecular weight excluding hydrogens is 381 g/mol. The Morgan fingerprint density at radius 3 is 2.67 bits per heavy atom. The summed E-state index contributed by atoms with van der Waals surface area (Å²) in [7, 11) is 0. The van der Waals surface area contributed by atoms with Crippen LogP contribution in [-0.2, 0) is 6.61 Å². The van der Waals surface area contributed by atoms with E-state index in [1.54, 1.807) is 36.7 Å². The van der Waals surface area contributed by atoms with Crippen LogP contribution in [-0.4, -0.2) is 17.1 Å². The summed E-state index contributed by atoms with van der Waals surface area (Å²) >= 11 is 0. The Balaban J connectivity index is 1.58. The zero-order valence-electron chi connectivity index (χ0n) is 16.0. The number of hydrogen-bond donors (Lipinski definition) is 1. The van der Waals surface area contributed by atoms with E-state index in [0.717, 1.165) is 21.9 Å². The highest BCUT2D eigenvalue weighted by Crippen LogP contribution is 2.27. The van der Waals surface area contributed by atoms with E-state index >= 15 is 0 Å². The van der Waals surface area contributed by atoms with Gasteiger partial charge in [-0.3, -0.25) is 9.78 Å². The minimum absolute atomic E-state index is 0.279. The molecule has 0 saturated heterocycles. The van der Waals surface area contributed by atoms with Crippen molar-refractivity contribution in [2.45, 2.75) is 6.61 Å². The molecule has 30 heavy (non-hydrogen) atoms. The lowest BCUT2D eigenvalue weighted by molar-refractivity contribution is 0.0954. The first kappa shape index (κ1) is 19.3. The van der Waals surface area contributed by atoms with Gasteiger partial charge in [-0.2, -0.15) is 5.10 Å². The standard InChI is InChI=1S/C24H18FN3O2/c25-20-10-7-17(8-11-20)16-30-23-12-9-18-4-1-2-6-21(18)22(23)15-27-28-24(29)19-5-3-13-26-14-19/h1-15H,16H2,(H,28,29). The number of ether oxygens (including phenoxy) is 1. The molecule has 4 rings (SSSR count). The summed E-state index contributed by atoms with van der Waals surface area (Å²) in [6, 6.07) is 21.1. The average Bonchev–Trinajstić information content (AvgIpc) is 2.80. The molecule has 0 atom stereocenters. The van der Waals surface area contributed by atoms with Crippen molar-refractivity contribution >= 4 is 22.9 Å². The maximum absolute atomic E-state index is 13.1. The normalized spacial score (nSPS) is 11.0. The first-order valence-corrected chi connectivity index (χ1v) is 9.33. The van der Waals surface area contributed by atoms with Crippen LogP contribution in [0.15, 0.2) is 90.3 Å². The Hall–Kier alpha value is -4.06. The van der Waals surface area contributed by atoms with Crippen LogP contribution in [0.5, 0.6) is 5.75 Å². The molecule has 5 nitrogen and oxygen atoms in total. The number of halogens is 1. The van der Waals surface area contributed by atoms with Gasteiger partial charge in [-0.1, -0.05) is 42.5 Å². The SMILES string of the molecule is O=C(NN=Cc1c(OCc2ccc(F)cc2)ccc2ccccc12)c1cccnc1. The van der Waals surface area contributed by atoms with Crippen molar-refractivity contribution in [2.75, 3.05) is 0 Å². The van der Waals surface area contributed by atoms with Crippen LogP contribution in [0.4, 0.5) is 4.39 Å². The van der Waals surface area contributed by atoms with Crippen molar-refractivity contribution in [2.24, 2.45) is 5.10 Å². The lowest BCUT2D eigenvalue weighted by Crippen LogP contribution is -2.17. The van der Waals surface area contributed by atoms with E-state index in [9.17, 15) is 9.18 Å². The van der Waals surface area contributed by atoms with Gasteiger partial charge in [0.15, 0.2) is 0 Å². The Labute approximate surface area is 172 Å². The third-order valence-corrected chi connectivity index (χ3v) is 4.52. The highest BCUT2D eigenvalue weighted by molar-refractivity contribution is 6.03. The van der Waals surface area contributed by atoms with E-state index < -0.39 is 0 Å². The molecule has 1 aromatic heterocycles. The quantitative estimate of drug-likeness (QED) is 0.377. The van der Waals surface area contributed by atoms with Gasteiger partial charge in [0.2, 0.25) is 0 Å². The number of pyridine rings is 1. The van der Waals surface area contributed by atoms with E-state index in [1.165, 1.54) is 18.3 Å². The number of rotatable bonds is 6. The van der Waals surface area contributed by atoms with E-state index in [0.29, 0.717) is 11.3 Å². The first-order chi connectivity index (χ1) is 14.7. The summed E-state index contributed by atoms with van der Waals surface area (Å²) in [6.07, 6.45) is 4.64. The molecule has 0 fully saturated rings. The third kappa shape index (κ3) is 4.50. The molecule has 3 aromatic carbocycles. The van der Waals surface area contributed by atoms with Crippen molar-refractivity contribution in [1.82, 2.24) is 10.4 Å². The minimum atomic E-state index is -0.353. The maximum atomic E-state index is 13.1. The van der Waals surface area contributed by atoms with Crippen LogP contribution in [0, 0.1) is 5.82 Å². The van der Waals surface area contributed by atoms with Gasteiger partial charge in [0, 0.05) is 18.0 Å². The van der Waals surface area contributed by atoms with Gasteiger partial charge >= 0.3 is 0 Å². The van der Waals surface area contributed by atoms with Crippen molar-refractivity contribution < 1.29 is 13.9 Å². The molecule has 6 heteroatoms. The number of nitrogens with one attached hydrogen (secondary N) is 1. The monoisotopic (exact) mass is 399 g/mol. The maximum Gasteiger partial charge on any atom is 0.272 e. The van der Waals surface area contributed by atoms with Crippen LogP contribution in [0.2, 0.25) is 0 Å². The van der Waals surface area contributed by atoms with Crippen molar-refractivity contribution in [1.29, 1.82) is 0 Å². The van der Waals surface area contributed by atoms with Crippen molar-refractivity contribution in [3.8, 4) is 5.75 Å². The summed E-state index contributed by atoms with van der Waals surface area (Å²) < 4.78 is 19.1. The van der Waals surface area contributed by atoms with Crippen molar-refractivity contribution in [3.63, 3.8) is 0 Å². The van der Waals surface area contributed by atoms with Gasteiger partial charge in [-0.15, -0.1) is 0 Å². The number of carbonyl (C=O) groups excluding carboxylic acids is 1. The van der Waals surface area contributed by atoms with Crippen LogP contribution < -0.4 is 10.2 Å². The Kier molecular flexibility index (Phi) is 5.75. The number of carbonyl (C=O) groups is 1. The number of aromatic nitrogens is 1. The molecule has 0 aliphatic carbocycles. The number of amides is 1. The topological polar surface area (TPSA) is 63.6 Å². The van der Waals surface area contributed by atoms with E-state index in [2.05, 4.69) is 15.5 Å². The van der Waals surface area contributed by atoms with Gasteiger partial charge in [0.05, 0.1) is 11.8 Å². The molecule has 148 valence electrons. The molecule has 0 unspecified atom stereocenters. The Morgan fingerprint density at radius 1 is 1.03 bits per heavy atom. The number of hydrazone groups is 1. The third-order valence-electron chi connectivity index (χ3n) is 4.52. The van der Waals surface area contributed by atoms with Gasteiger partial charge in [-0.25, -0.2) is 9.82 Å². The summed E-state index contributed by atoms with van der Waals surface area (Å²) in [5.74, 6) is -0.0348. The smallest absolute Gasteiger partial charge is 0.272 e. The summed E-state index contributed by atoms with van der Waals surface area (Å²) in [4.78, 5) is 16.1. The highest BCUT2D eigenvalue weighted by Gasteiger charge is 2.09. The predicted octanol–water partition coefficient (Wildman–Crippen LogP) is 4.72. The number of hydrogen-bond acceptors (Lipinski definition) is 4. The summed E-state index contributed by atoms with van der Waals surface area (Å²) in [5.41, 5.74) is 4.51. The first-order valence-electron chi connectivity index (χ1n) is 9.33. The molecule has 0 aliphatic rings. The van der Waals surface area contributed by atoms with Gasteiger partial charge in [0.1, 0.15) is 18.2 Å². The molecule has 0 aliphatic heterocycles. The molecular formula is C24H18FN3O2. The highest BCUT2D eigenvalue weighted by atomic mass is 19.1. The van der Waals surface area contributed by atoms with E-state index in [-0.39, 0.29) is 18.3 Å².